The molecule has 0 atom stereocenters. The van der Waals surface area contributed by atoms with Gasteiger partial charge in [0.1, 0.15) is 17.2 Å². The van der Waals surface area contributed by atoms with Gasteiger partial charge in [-0.3, -0.25) is 9.59 Å². The molecule has 7 nitrogen and oxygen atoms in total. The summed E-state index contributed by atoms with van der Waals surface area (Å²) in [5.41, 5.74) is 0.516. The van der Waals surface area contributed by atoms with E-state index in [1.165, 1.54) is 0 Å². The molecule has 160 valence electrons. The number of piperidine rings is 1. The average molecular weight is 412 g/mol. The summed E-state index contributed by atoms with van der Waals surface area (Å²) in [6, 6.07) is 14.4. The summed E-state index contributed by atoms with van der Waals surface area (Å²) in [4.78, 5) is 26.8. The van der Waals surface area contributed by atoms with Crippen LogP contribution in [0.1, 0.15) is 30.1 Å². The van der Waals surface area contributed by atoms with Crippen LogP contribution < -0.4 is 19.5 Å². The van der Waals surface area contributed by atoms with Crippen LogP contribution in [0.3, 0.4) is 0 Å². The van der Waals surface area contributed by atoms with Crippen LogP contribution >= 0.6 is 0 Å². The van der Waals surface area contributed by atoms with Gasteiger partial charge in [-0.25, -0.2) is 0 Å². The summed E-state index contributed by atoms with van der Waals surface area (Å²) in [6.45, 7) is 3.70. The summed E-state index contributed by atoms with van der Waals surface area (Å²) in [7, 11) is 1.55. The van der Waals surface area contributed by atoms with Crippen molar-refractivity contribution in [2.75, 3.05) is 33.4 Å². The van der Waals surface area contributed by atoms with Gasteiger partial charge in [0.15, 0.2) is 6.61 Å². The van der Waals surface area contributed by atoms with Gasteiger partial charge in [-0.2, -0.15) is 0 Å². The molecule has 1 heterocycles. The molecule has 0 aliphatic carbocycles. The molecule has 2 amide bonds. The lowest BCUT2D eigenvalue weighted by Gasteiger charge is -2.32. The second kappa shape index (κ2) is 10.5. The zero-order valence-corrected chi connectivity index (χ0v) is 17.4. The quantitative estimate of drug-likeness (QED) is 0.721. The number of likely N-dealkylation sites (tertiary alicyclic amines) is 1. The van der Waals surface area contributed by atoms with E-state index in [1.807, 2.05) is 31.2 Å². The van der Waals surface area contributed by atoms with Crippen LogP contribution in [0.25, 0.3) is 0 Å². The van der Waals surface area contributed by atoms with Crippen LogP contribution in [0.4, 0.5) is 0 Å². The smallest absolute Gasteiger partial charge is 0.260 e. The molecular weight excluding hydrogens is 384 g/mol. The second-order valence-electron chi connectivity index (χ2n) is 7.02. The van der Waals surface area contributed by atoms with Crippen LogP contribution in [-0.4, -0.2) is 56.2 Å². The predicted molar refractivity (Wildman–Crippen MR) is 113 cm³/mol. The molecule has 1 aliphatic rings. The lowest BCUT2D eigenvalue weighted by molar-refractivity contribution is -0.134. The second-order valence-corrected chi connectivity index (χ2v) is 7.02. The van der Waals surface area contributed by atoms with Crippen molar-refractivity contribution in [3.8, 4) is 17.2 Å². The number of carbonyl (C=O) groups excluding carboxylic acids is 2. The first kappa shape index (κ1) is 21.5. The Labute approximate surface area is 176 Å². The highest BCUT2D eigenvalue weighted by molar-refractivity contribution is 5.97. The van der Waals surface area contributed by atoms with E-state index in [2.05, 4.69) is 5.32 Å². The summed E-state index contributed by atoms with van der Waals surface area (Å²) >= 11 is 0. The molecule has 1 N–H and O–H groups in total. The van der Waals surface area contributed by atoms with E-state index in [1.54, 1.807) is 36.3 Å². The summed E-state index contributed by atoms with van der Waals surface area (Å²) < 4.78 is 16.2. The Morgan fingerprint density at radius 2 is 1.63 bits per heavy atom. The number of hydrogen-bond donors (Lipinski definition) is 1. The van der Waals surface area contributed by atoms with Gasteiger partial charge in [-0.05, 0) is 56.2 Å². The highest BCUT2D eigenvalue weighted by Gasteiger charge is 2.25. The molecule has 7 heteroatoms. The fourth-order valence-corrected chi connectivity index (χ4v) is 3.40. The highest BCUT2D eigenvalue weighted by Crippen LogP contribution is 2.20. The van der Waals surface area contributed by atoms with Gasteiger partial charge in [-0.1, -0.05) is 12.1 Å². The summed E-state index contributed by atoms with van der Waals surface area (Å²) in [5.74, 6) is 1.74. The third-order valence-electron chi connectivity index (χ3n) is 5.03. The topological polar surface area (TPSA) is 77.1 Å². The normalized spacial score (nSPS) is 14.1. The average Bonchev–Trinajstić information content (AvgIpc) is 2.79. The van der Waals surface area contributed by atoms with E-state index >= 15 is 0 Å². The first-order chi connectivity index (χ1) is 14.6. The molecule has 0 radical (unpaired) electrons. The molecule has 1 aliphatic heterocycles. The van der Waals surface area contributed by atoms with Crippen molar-refractivity contribution in [1.82, 2.24) is 10.2 Å². The Kier molecular flexibility index (Phi) is 7.54. The van der Waals surface area contributed by atoms with Crippen molar-refractivity contribution < 1.29 is 23.8 Å². The van der Waals surface area contributed by atoms with Gasteiger partial charge in [-0.15, -0.1) is 0 Å². The fourth-order valence-electron chi connectivity index (χ4n) is 3.40. The fraction of sp³-hybridized carbons (Fsp3) is 0.391. The van der Waals surface area contributed by atoms with Crippen LogP contribution in [0.2, 0.25) is 0 Å². The van der Waals surface area contributed by atoms with E-state index < -0.39 is 0 Å². The first-order valence-corrected chi connectivity index (χ1v) is 10.2. The Bertz CT molecular complexity index is 845. The Hall–Kier alpha value is -3.22. The number of para-hydroxylation sites is 1. The number of methoxy groups -OCH3 is 1. The number of nitrogens with one attached hydrogen (secondary N) is 1. The van der Waals surface area contributed by atoms with Crippen molar-refractivity contribution in [3.05, 3.63) is 54.1 Å². The van der Waals surface area contributed by atoms with E-state index in [4.69, 9.17) is 14.2 Å². The SMILES string of the molecule is CCOc1ccc(OCC(=O)N2CCC(NC(=O)c3ccccc3OC)CC2)cc1. The van der Waals surface area contributed by atoms with Crippen molar-refractivity contribution in [2.45, 2.75) is 25.8 Å². The third-order valence-corrected chi connectivity index (χ3v) is 5.03. The molecule has 0 saturated carbocycles. The van der Waals surface area contributed by atoms with Crippen LogP contribution in [-0.2, 0) is 4.79 Å². The van der Waals surface area contributed by atoms with E-state index in [0.29, 0.717) is 49.6 Å². The van der Waals surface area contributed by atoms with E-state index in [9.17, 15) is 9.59 Å². The Morgan fingerprint density at radius 1 is 1.00 bits per heavy atom. The van der Waals surface area contributed by atoms with Gasteiger partial charge in [0.05, 0.1) is 19.3 Å². The van der Waals surface area contributed by atoms with Gasteiger partial charge in [0, 0.05) is 19.1 Å². The van der Waals surface area contributed by atoms with Crippen molar-refractivity contribution >= 4 is 11.8 Å². The van der Waals surface area contributed by atoms with Gasteiger partial charge < -0.3 is 24.4 Å². The van der Waals surface area contributed by atoms with Crippen molar-refractivity contribution in [3.63, 3.8) is 0 Å². The molecule has 30 heavy (non-hydrogen) atoms. The molecule has 2 aromatic rings. The van der Waals surface area contributed by atoms with E-state index in [0.717, 1.165) is 5.75 Å². The molecule has 3 rings (SSSR count). The zero-order valence-electron chi connectivity index (χ0n) is 17.4. The summed E-state index contributed by atoms with van der Waals surface area (Å²) in [6.07, 6.45) is 1.41. The predicted octanol–water partition coefficient (Wildman–Crippen LogP) is 2.89. The Balaban J connectivity index is 1.43. The van der Waals surface area contributed by atoms with Gasteiger partial charge in [0.25, 0.3) is 11.8 Å². The standard InChI is InChI=1S/C23H28N2O5/c1-3-29-18-8-10-19(11-9-18)30-16-22(26)25-14-12-17(13-15-25)24-23(27)20-6-4-5-7-21(20)28-2/h4-11,17H,3,12-16H2,1-2H3,(H,24,27). The van der Waals surface area contributed by atoms with Crippen LogP contribution in [0.15, 0.2) is 48.5 Å². The number of hydrogen-bond acceptors (Lipinski definition) is 5. The lowest BCUT2D eigenvalue weighted by atomic mass is 10.0. The van der Waals surface area contributed by atoms with E-state index in [-0.39, 0.29) is 24.5 Å². The number of amides is 2. The largest absolute Gasteiger partial charge is 0.496 e. The molecule has 0 spiro atoms. The van der Waals surface area contributed by atoms with Crippen molar-refractivity contribution in [1.29, 1.82) is 0 Å². The maximum atomic E-state index is 12.5. The maximum absolute atomic E-state index is 12.5. The molecule has 0 aromatic heterocycles. The molecule has 2 aromatic carbocycles. The minimum absolute atomic E-state index is 0.00772. The minimum Gasteiger partial charge on any atom is -0.496 e. The lowest BCUT2D eigenvalue weighted by Crippen LogP contribution is -2.47. The monoisotopic (exact) mass is 412 g/mol. The summed E-state index contributed by atoms with van der Waals surface area (Å²) in [5, 5.41) is 3.04. The zero-order chi connectivity index (χ0) is 21.3. The number of benzene rings is 2. The number of nitrogens with zero attached hydrogens (tertiary/aromatic N) is 1. The highest BCUT2D eigenvalue weighted by atomic mass is 16.5. The van der Waals surface area contributed by atoms with Gasteiger partial charge in [0.2, 0.25) is 0 Å². The molecule has 1 fully saturated rings. The Morgan fingerprint density at radius 3 is 2.27 bits per heavy atom. The van der Waals surface area contributed by atoms with Crippen LogP contribution in [0, 0.1) is 0 Å². The number of ether oxygens (including phenoxy) is 3. The number of rotatable bonds is 8. The molecule has 0 bridgehead atoms. The minimum atomic E-state index is -0.156. The number of carbonyl (C=O) groups is 2. The first-order valence-electron chi connectivity index (χ1n) is 10.2. The molecular formula is C23H28N2O5. The maximum Gasteiger partial charge on any atom is 0.260 e. The molecule has 0 unspecified atom stereocenters. The van der Waals surface area contributed by atoms with Crippen LogP contribution in [0.5, 0.6) is 17.2 Å². The molecule has 1 saturated heterocycles. The van der Waals surface area contributed by atoms with Gasteiger partial charge >= 0.3 is 0 Å². The third kappa shape index (κ3) is 5.65. The van der Waals surface area contributed by atoms with Crippen molar-refractivity contribution in [2.24, 2.45) is 0 Å².